The van der Waals surface area contributed by atoms with Crippen molar-refractivity contribution in [3.63, 3.8) is 0 Å². The standard InChI is InChI=1S/C22H18ClN3O2/c1-15-5-10-20(21(27)25-12-11-16-6-8-18(23)9-7-16)22(28)26(15)19-4-2-3-17(13-19)14-24/h2-10,13H,11-12H2,1H3,(H,25,27). The lowest BCUT2D eigenvalue weighted by atomic mass is 10.1. The molecular formula is C22H18ClN3O2. The summed E-state index contributed by atoms with van der Waals surface area (Å²) in [4.78, 5) is 25.4. The van der Waals surface area contributed by atoms with E-state index in [0.29, 0.717) is 34.9 Å². The van der Waals surface area contributed by atoms with Gasteiger partial charge in [0, 0.05) is 17.3 Å². The van der Waals surface area contributed by atoms with Crippen LogP contribution in [-0.2, 0) is 6.42 Å². The van der Waals surface area contributed by atoms with Crippen molar-refractivity contribution >= 4 is 17.5 Å². The van der Waals surface area contributed by atoms with Crippen molar-refractivity contribution in [2.75, 3.05) is 6.54 Å². The van der Waals surface area contributed by atoms with Gasteiger partial charge in [0.25, 0.3) is 11.5 Å². The first-order valence-electron chi connectivity index (χ1n) is 8.75. The largest absolute Gasteiger partial charge is 0.352 e. The summed E-state index contributed by atoms with van der Waals surface area (Å²) in [5.41, 5.74) is 2.36. The van der Waals surface area contributed by atoms with Gasteiger partial charge in [0.1, 0.15) is 5.56 Å². The highest BCUT2D eigenvalue weighted by Gasteiger charge is 2.15. The van der Waals surface area contributed by atoms with Crippen molar-refractivity contribution < 1.29 is 4.79 Å². The van der Waals surface area contributed by atoms with E-state index < -0.39 is 11.5 Å². The first kappa shape index (κ1) is 19.4. The number of hydrogen-bond donors (Lipinski definition) is 1. The molecule has 6 heteroatoms. The Labute approximate surface area is 167 Å². The predicted molar refractivity (Wildman–Crippen MR) is 109 cm³/mol. The maximum absolute atomic E-state index is 12.9. The second-order valence-corrected chi connectivity index (χ2v) is 6.76. The maximum Gasteiger partial charge on any atom is 0.268 e. The van der Waals surface area contributed by atoms with E-state index in [4.69, 9.17) is 16.9 Å². The molecule has 0 bridgehead atoms. The Bertz CT molecular complexity index is 1110. The number of aryl methyl sites for hydroxylation is 1. The van der Waals surface area contributed by atoms with Gasteiger partial charge in [0.15, 0.2) is 0 Å². The number of nitrogens with one attached hydrogen (secondary N) is 1. The number of carbonyl (C=O) groups excluding carboxylic acids is 1. The van der Waals surface area contributed by atoms with E-state index in [1.165, 1.54) is 10.6 Å². The topological polar surface area (TPSA) is 74.9 Å². The summed E-state index contributed by atoms with van der Waals surface area (Å²) >= 11 is 5.87. The Morgan fingerprint density at radius 1 is 1.14 bits per heavy atom. The van der Waals surface area contributed by atoms with Crippen molar-refractivity contribution in [1.29, 1.82) is 5.26 Å². The van der Waals surface area contributed by atoms with Crippen LogP contribution >= 0.6 is 11.6 Å². The van der Waals surface area contributed by atoms with Gasteiger partial charge in [-0.1, -0.05) is 29.8 Å². The number of hydrogen-bond acceptors (Lipinski definition) is 3. The van der Waals surface area contributed by atoms with Gasteiger partial charge in [0.2, 0.25) is 0 Å². The number of rotatable bonds is 5. The molecule has 0 saturated heterocycles. The van der Waals surface area contributed by atoms with E-state index in [2.05, 4.69) is 11.4 Å². The molecule has 3 aromatic rings. The number of carbonyl (C=O) groups is 1. The van der Waals surface area contributed by atoms with Gasteiger partial charge in [-0.05, 0) is 61.4 Å². The average Bonchev–Trinajstić information content (AvgIpc) is 2.69. The molecule has 3 rings (SSSR count). The molecular weight excluding hydrogens is 374 g/mol. The SMILES string of the molecule is Cc1ccc(C(=O)NCCc2ccc(Cl)cc2)c(=O)n1-c1cccc(C#N)c1. The zero-order valence-corrected chi connectivity index (χ0v) is 16.0. The highest BCUT2D eigenvalue weighted by Crippen LogP contribution is 2.12. The summed E-state index contributed by atoms with van der Waals surface area (Å²) in [7, 11) is 0. The number of benzene rings is 2. The molecule has 0 spiro atoms. The highest BCUT2D eigenvalue weighted by atomic mass is 35.5. The third-order valence-electron chi connectivity index (χ3n) is 4.37. The van der Waals surface area contributed by atoms with E-state index in [0.717, 1.165) is 5.56 Å². The van der Waals surface area contributed by atoms with Crippen LogP contribution in [0.1, 0.15) is 27.2 Å². The first-order valence-corrected chi connectivity index (χ1v) is 9.13. The van der Waals surface area contributed by atoms with Crippen molar-refractivity contribution in [3.05, 3.63) is 98.4 Å². The third kappa shape index (κ3) is 4.30. The molecule has 0 radical (unpaired) electrons. The summed E-state index contributed by atoms with van der Waals surface area (Å²) in [6.45, 7) is 2.18. The van der Waals surface area contributed by atoms with Gasteiger partial charge < -0.3 is 5.32 Å². The fourth-order valence-corrected chi connectivity index (χ4v) is 3.03. The summed E-state index contributed by atoms with van der Waals surface area (Å²) in [6, 6.07) is 19.4. The lowest BCUT2D eigenvalue weighted by Gasteiger charge is -2.12. The quantitative estimate of drug-likeness (QED) is 0.721. The number of aromatic nitrogens is 1. The predicted octanol–water partition coefficient (Wildman–Crippen LogP) is 3.64. The molecule has 0 aliphatic heterocycles. The molecule has 0 atom stereocenters. The second kappa shape index (κ2) is 8.55. The van der Waals surface area contributed by atoms with Crippen LogP contribution in [-0.4, -0.2) is 17.0 Å². The van der Waals surface area contributed by atoms with Crippen LogP contribution in [0, 0.1) is 18.3 Å². The van der Waals surface area contributed by atoms with Crippen molar-refractivity contribution in [2.24, 2.45) is 0 Å². The minimum atomic E-state index is -0.427. The van der Waals surface area contributed by atoms with Crippen LogP contribution in [0.4, 0.5) is 0 Å². The lowest BCUT2D eigenvalue weighted by molar-refractivity contribution is 0.0952. The molecule has 0 fully saturated rings. The Kier molecular flexibility index (Phi) is 5.93. The lowest BCUT2D eigenvalue weighted by Crippen LogP contribution is -2.34. The molecule has 28 heavy (non-hydrogen) atoms. The molecule has 140 valence electrons. The van der Waals surface area contributed by atoms with Crippen LogP contribution in [0.3, 0.4) is 0 Å². The Morgan fingerprint density at radius 3 is 2.61 bits per heavy atom. The fourth-order valence-electron chi connectivity index (χ4n) is 2.91. The molecule has 0 saturated carbocycles. The normalized spacial score (nSPS) is 10.3. The maximum atomic E-state index is 12.9. The van der Waals surface area contributed by atoms with E-state index in [1.807, 2.05) is 12.1 Å². The average molecular weight is 392 g/mol. The Balaban J connectivity index is 1.80. The first-order chi connectivity index (χ1) is 13.5. The minimum absolute atomic E-state index is 0.0593. The van der Waals surface area contributed by atoms with E-state index in [9.17, 15) is 9.59 Å². The molecule has 1 heterocycles. The van der Waals surface area contributed by atoms with Crippen LogP contribution in [0.25, 0.3) is 5.69 Å². The monoisotopic (exact) mass is 391 g/mol. The molecule has 1 N–H and O–H groups in total. The zero-order valence-electron chi connectivity index (χ0n) is 15.3. The minimum Gasteiger partial charge on any atom is -0.352 e. The number of amides is 1. The fraction of sp³-hybridized carbons (Fsp3) is 0.136. The molecule has 0 aliphatic rings. The molecule has 1 aromatic heterocycles. The summed E-state index contributed by atoms with van der Waals surface area (Å²) < 4.78 is 1.44. The van der Waals surface area contributed by atoms with Crippen LogP contribution in [0.2, 0.25) is 5.02 Å². The molecule has 0 unspecified atom stereocenters. The van der Waals surface area contributed by atoms with Crippen LogP contribution in [0.5, 0.6) is 0 Å². The van der Waals surface area contributed by atoms with Gasteiger partial charge in [-0.3, -0.25) is 14.2 Å². The molecule has 0 aliphatic carbocycles. The zero-order chi connectivity index (χ0) is 20.1. The second-order valence-electron chi connectivity index (χ2n) is 6.32. The van der Waals surface area contributed by atoms with E-state index in [-0.39, 0.29) is 5.56 Å². The number of nitrogens with zero attached hydrogens (tertiary/aromatic N) is 2. The van der Waals surface area contributed by atoms with Crippen LogP contribution < -0.4 is 10.9 Å². The van der Waals surface area contributed by atoms with Crippen molar-refractivity contribution in [2.45, 2.75) is 13.3 Å². The van der Waals surface area contributed by atoms with Gasteiger partial charge in [-0.25, -0.2) is 0 Å². The van der Waals surface area contributed by atoms with Gasteiger partial charge in [0.05, 0.1) is 17.3 Å². The van der Waals surface area contributed by atoms with Gasteiger partial charge in [-0.15, -0.1) is 0 Å². The summed E-state index contributed by atoms with van der Waals surface area (Å²) in [6.07, 6.45) is 0.632. The molecule has 5 nitrogen and oxygen atoms in total. The van der Waals surface area contributed by atoms with Crippen molar-refractivity contribution in [1.82, 2.24) is 9.88 Å². The smallest absolute Gasteiger partial charge is 0.268 e. The summed E-state index contributed by atoms with van der Waals surface area (Å²) in [5, 5.41) is 12.5. The van der Waals surface area contributed by atoms with Crippen molar-refractivity contribution in [3.8, 4) is 11.8 Å². The van der Waals surface area contributed by atoms with Gasteiger partial charge in [-0.2, -0.15) is 5.26 Å². The molecule has 1 amide bonds. The number of halogens is 1. The van der Waals surface area contributed by atoms with Gasteiger partial charge >= 0.3 is 0 Å². The Morgan fingerprint density at radius 2 is 1.89 bits per heavy atom. The van der Waals surface area contributed by atoms with E-state index >= 15 is 0 Å². The Hall–Kier alpha value is -3.36. The van der Waals surface area contributed by atoms with E-state index in [1.54, 1.807) is 49.4 Å². The van der Waals surface area contributed by atoms with Crippen LogP contribution in [0.15, 0.2) is 65.5 Å². The highest BCUT2D eigenvalue weighted by molar-refractivity contribution is 6.30. The number of pyridine rings is 1. The summed E-state index contributed by atoms with van der Waals surface area (Å²) in [5.74, 6) is -0.427. The number of nitriles is 1. The third-order valence-corrected chi connectivity index (χ3v) is 4.62. The molecule has 2 aromatic carbocycles.